The van der Waals surface area contributed by atoms with Gasteiger partial charge in [0.1, 0.15) is 0 Å². The maximum absolute atomic E-state index is 12.7. The van der Waals surface area contributed by atoms with Crippen LogP contribution in [-0.4, -0.2) is 37.7 Å². The Hall–Kier alpha value is -1.59. The molecule has 6 nitrogen and oxygen atoms in total. The van der Waals surface area contributed by atoms with Gasteiger partial charge in [-0.2, -0.15) is 0 Å². The predicted octanol–water partition coefficient (Wildman–Crippen LogP) is 8.98. The first-order valence-corrected chi connectivity index (χ1v) is 16.3. The second kappa shape index (κ2) is 26.6. The Morgan fingerprint density at radius 2 is 0.974 bits per heavy atom. The number of rotatable bonds is 27. The lowest BCUT2D eigenvalue weighted by molar-refractivity contribution is -0.155. The van der Waals surface area contributed by atoms with Crippen molar-refractivity contribution in [2.75, 3.05) is 19.8 Å². The van der Waals surface area contributed by atoms with Gasteiger partial charge in [-0.15, -0.1) is 0 Å². The molecule has 0 rings (SSSR count). The number of hydrogen-bond acceptors (Lipinski definition) is 6. The lowest BCUT2D eigenvalue weighted by atomic mass is 9.88. The van der Waals surface area contributed by atoms with Gasteiger partial charge in [-0.1, -0.05) is 118 Å². The predicted molar refractivity (Wildman–Crippen MR) is 159 cm³/mol. The van der Waals surface area contributed by atoms with E-state index in [0.29, 0.717) is 31.3 Å². The second-order valence-electron chi connectivity index (χ2n) is 11.4. The average Bonchev–Trinajstić information content (AvgIpc) is 2.93. The highest BCUT2D eigenvalue weighted by Crippen LogP contribution is 2.22. The first kappa shape index (κ1) is 37.4. The summed E-state index contributed by atoms with van der Waals surface area (Å²) in [4.78, 5) is 37.3. The van der Waals surface area contributed by atoms with Crippen molar-refractivity contribution < 1.29 is 28.6 Å². The molecule has 0 bridgehead atoms. The monoisotopic (exact) mass is 554 g/mol. The fourth-order valence-electron chi connectivity index (χ4n) is 4.66. The number of ether oxygens (including phenoxy) is 3. The Labute approximate surface area is 240 Å². The van der Waals surface area contributed by atoms with Crippen LogP contribution in [0.15, 0.2) is 0 Å². The summed E-state index contributed by atoms with van der Waals surface area (Å²) in [6, 6.07) is 0. The van der Waals surface area contributed by atoms with E-state index in [-0.39, 0.29) is 37.5 Å². The molecule has 39 heavy (non-hydrogen) atoms. The largest absolute Gasteiger partial charge is 0.465 e. The van der Waals surface area contributed by atoms with Crippen LogP contribution in [0.2, 0.25) is 0 Å². The summed E-state index contributed by atoms with van der Waals surface area (Å²) in [5.41, 5.74) is 0. The van der Waals surface area contributed by atoms with Crippen molar-refractivity contribution in [3.63, 3.8) is 0 Å². The van der Waals surface area contributed by atoms with Crippen molar-refractivity contribution >= 4 is 17.9 Å². The van der Waals surface area contributed by atoms with Crippen LogP contribution in [0, 0.1) is 17.8 Å². The Morgan fingerprint density at radius 1 is 0.538 bits per heavy atom. The lowest BCUT2D eigenvalue weighted by Gasteiger charge is -2.23. The molecule has 0 saturated carbocycles. The number of hydrogen-bond donors (Lipinski definition) is 0. The van der Waals surface area contributed by atoms with E-state index in [1.165, 1.54) is 38.5 Å². The van der Waals surface area contributed by atoms with Crippen LogP contribution in [0.1, 0.15) is 157 Å². The van der Waals surface area contributed by atoms with Crippen LogP contribution in [-0.2, 0) is 28.6 Å². The van der Waals surface area contributed by atoms with E-state index in [0.717, 1.165) is 64.2 Å². The van der Waals surface area contributed by atoms with E-state index in [2.05, 4.69) is 34.6 Å². The molecule has 0 heterocycles. The molecule has 0 fully saturated rings. The summed E-state index contributed by atoms with van der Waals surface area (Å²) in [5.74, 6) is -0.369. The normalized spacial score (nSPS) is 12.8. The molecule has 0 amide bonds. The minimum atomic E-state index is -0.391. The minimum absolute atomic E-state index is 0.0681. The molecule has 230 valence electrons. The van der Waals surface area contributed by atoms with Crippen molar-refractivity contribution in [2.45, 2.75) is 157 Å². The molecule has 2 atom stereocenters. The smallest absolute Gasteiger partial charge is 0.306 e. The highest BCUT2D eigenvalue weighted by molar-refractivity contribution is 5.71. The molecule has 0 radical (unpaired) electrons. The number of esters is 3. The highest BCUT2D eigenvalue weighted by atomic mass is 16.6. The topological polar surface area (TPSA) is 78.9 Å². The van der Waals surface area contributed by atoms with E-state index < -0.39 is 5.92 Å². The quantitative estimate of drug-likeness (QED) is 0.0573. The van der Waals surface area contributed by atoms with Gasteiger partial charge in [-0.05, 0) is 31.1 Å². The van der Waals surface area contributed by atoms with Gasteiger partial charge in [0.05, 0.1) is 26.2 Å². The van der Waals surface area contributed by atoms with Crippen LogP contribution in [0.25, 0.3) is 0 Å². The van der Waals surface area contributed by atoms with Crippen LogP contribution < -0.4 is 0 Å². The highest BCUT2D eigenvalue weighted by Gasteiger charge is 2.22. The zero-order valence-electron chi connectivity index (χ0n) is 26.2. The second-order valence-corrected chi connectivity index (χ2v) is 11.4. The molecule has 0 aliphatic heterocycles. The summed E-state index contributed by atoms with van der Waals surface area (Å²) in [5, 5.41) is 0. The third-order valence-electron chi connectivity index (χ3n) is 7.72. The molecule has 0 aliphatic rings. The molecule has 0 spiro atoms. The maximum Gasteiger partial charge on any atom is 0.306 e. The van der Waals surface area contributed by atoms with Gasteiger partial charge in [0.25, 0.3) is 0 Å². The van der Waals surface area contributed by atoms with Crippen LogP contribution in [0.4, 0.5) is 0 Å². The fourth-order valence-corrected chi connectivity index (χ4v) is 4.66. The van der Waals surface area contributed by atoms with Crippen molar-refractivity contribution in [2.24, 2.45) is 17.8 Å². The maximum atomic E-state index is 12.7. The van der Waals surface area contributed by atoms with E-state index in [1.54, 1.807) is 0 Å². The molecule has 0 aliphatic carbocycles. The standard InChI is InChI=1S/C33H62O6/c1-6-10-13-15-17-19-22-31(34)37-25-29(26-38-32(35)23-20-18-16-14-11-7-2)24-33(36)39-27-30(21-12-8-3)28(5)9-4/h28-30H,6-27H2,1-5H3. The average molecular weight is 555 g/mol. The first-order valence-electron chi connectivity index (χ1n) is 16.3. The van der Waals surface area contributed by atoms with Crippen molar-refractivity contribution in [1.82, 2.24) is 0 Å². The molecule has 2 unspecified atom stereocenters. The molecule has 0 aromatic heterocycles. The Balaban J connectivity index is 4.71. The van der Waals surface area contributed by atoms with Crippen molar-refractivity contribution in [1.29, 1.82) is 0 Å². The van der Waals surface area contributed by atoms with Gasteiger partial charge in [-0.25, -0.2) is 0 Å². The molecule has 0 aromatic rings. The summed E-state index contributed by atoms with van der Waals surface area (Å²) in [6.45, 7) is 11.5. The Bertz CT molecular complexity index is 573. The Kier molecular flexibility index (Phi) is 25.5. The van der Waals surface area contributed by atoms with E-state index in [4.69, 9.17) is 14.2 Å². The van der Waals surface area contributed by atoms with Gasteiger partial charge in [0.2, 0.25) is 0 Å². The van der Waals surface area contributed by atoms with Crippen molar-refractivity contribution in [3.05, 3.63) is 0 Å². The molecular formula is C33H62O6. The van der Waals surface area contributed by atoms with Gasteiger partial charge in [-0.3, -0.25) is 14.4 Å². The van der Waals surface area contributed by atoms with Crippen LogP contribution in [0.5, 0.6) is 0 Å². The van der Waals surface area contributed by atoms with Crippen LogP contribution in [0.3, 0.4) is 0 Å². The summed E-state index contributed by atoms with van der Waals surface area (Å²) in [6.07, 6.45) is 18.4. The Morgan fingerprint density at radius 3 is 1.44 bits per heavy atom. The first-order chi connectivity index (χ1) is 18.9. The molecule has 0 aromatic carbocycles. The molecular weight excluding hydrogens is 492 g/mol. The van der Waals surface area contributed by atoms with E-state index in [1.807, 2.05) is 0 Å². The summed E-state index contributed by atoms with van der Waals surface area (Å²) in [7, 11) is 0. The van der Waals surface area contributed by atoms with Crippen molar-refractivity contribution in [3.8, 4) is 0 Å². The van der Waals surface area contributed by atoms with Crippen LogP contribution >= 0.6 is 0 Å². The van der Waals surface area contributed by atoms with E-state index in [9.17, 15) is 14.4 Å². The third kappa shape index (κ3) is 22.9. The third-order valence-corrected chi connectivity index (χ3v) is 7.72. The SMILES string of the molecule is CCCCCCCCC(=O)OCC(COC(=O)CCCCCCCC)CC(=O)OCC(CCCC)C(C)CC. The van der Waals surface area contributed by atoms with Gasteiger partial charge in [0.15, 0.2) is 0 Å². The molecule has 6 heteroatoms. The summed E-state index contributed by atoms with van der Waals surface area (Å²) >= 11 is 0. The zero-order chi connectivity index (χ0) is 29.1. The van der Waals surface area contributed by atoms with Gasteiger partial charge in [0, 0.05) is 18.8 Å². The number of carbonyl (C=O) groups excluding carboxylic acids is 3. The number of unbranched alkanes of at least 4 members (excludes halogenated alkanes) is 11. The van der Waals surface area contributed by atoms with Gasteiger partial charge < -0.3 is 14.2 Å². The van der Waals surface area contributed by atoms with E-state index >= 15 is 0 Å². The number of carbonyl (C=O) groups is 3. The zero-order valence-corrected chi connectivity index (χ0v) is 26.2. The lowest BCUT2D eigenvalue weighted by Crippen LogP contribution is -2.26. The molecule has 0 N–H and O–H groups in total. The van der Waals surface area contributed by atoms with Gasteiger partial charge >= 0.3 is 17.9 Å². The fraction of sp³-hybridized carbons (Fsp3) is 0.909. The summed E-state index contributed by atoms with van der Waals surface area (Å²) < 4.78 is 16.7. The minimum Gasteiger partial charge on any atom is -0.465 e. The molecule has 0 saturated heterocycles.